The van der Waals surface area contributed by atoms with Gasteiger partial charge in [-0.2, -0.15) is 0 Å². The number of amides is 1. The lowest BCUT2D eigenvalue weighted by molar-refractivity contribution is 0.0935. The molecule has 25 heavy (non-hydrogen) atoms. The second kappa shape index (κ2) is 5.84. The summed E-state index contributed by atoms with van der Waals surface area (Å²) in [5.41, 5.74) is 3.04. The Morgan fingerprint density at radius 3 is 2.92 bits per heavy atom. The van der Waals surface area contributed by atoms with E-state index in [1.54, 1.807) is 6.92 Å². The Labute approximate surface area is 143 Å². The van der Waals surface area contributed by atoms with Crippen LogP contribution in [0.2, 0.25) is 0 Å². The maximum Gasteiger partial charge on any atom is 0.257 e. The molecule has 2 N–H and O–H groups in total. The van der Waals surface area contributed by atoms with Gasteiger partial charge >= 0.3 is 0 Å². The van der Waals surface area contributed by atoms with E-state index < -0.39 is 17.2 Å². The molecule has 4 rings (SSSR count). The average molecular weight is 336 g/mol. The third-order valence-corrected chi connectivity index (χ3v) is 4.83. The molecule has 4 nitrogen and oxygen atoms in total. The van der Waals surface area contributed by atoms with Gasteiger partial charge in [0, 0.05) is 11.6 Å². The van der Waals surface area contributed by atoms with Gasteiger partial charge in [-0.15, -0.1) is 0 Å². The molecular weight excluding hydrogens is 319 g/mol. The fourth-order valence-electron chi connectivity index (χ4n) is 3.58. The lowest BCUT2D eigenvalue weighted by Gasteiger charge is -2.14. The lowest BCUT2D eigenvalue weighted by Crippen LogP contribution is -2.31. The van der Waals surface area contributed by atoms with Crippen molar-refractivity contribution < 1.29 is 9.18 Å². The van der Waals surface area contributed by atoms with Gasteiger partial charge in [0.2, 0.25) is 5.43 Å². The summed E-state index contributed by atoms with van der Waals surface area (Å²) in [6.45, 7) is 1.72. The van der Waals surface area contributed by atoms with E-state index in [-0.39, 0.29) is 17.0 Å². The predicted octanol–water partition coefficient (Wildman–Crippen LogP) is 3.39. The first-order valence-electron chi connectivity index (χ1n) is 8.25. The van der Waals surface area contributed by atoms with Gasteiger partial charge in [-0.05, 0) is 48.6 Å². The number of nitrogens with one attached hydrogen (secondary N) is 2. The first kappa shape index (κ1) is 15.6. The second-order valence-electron chi connectivity index (χ2n) is 6.44. The third-order valence-electron chi connectivity index (χ3n) is 4.83. The highest BCUT2D eigenvalue weighted by molar-refractivity contribution is 5.97. The van der Waals surface area contributed by atoms with E-state index >= 15 is 0 Å². The molecule has 2 aromatic carbocycles. The standard InChI is InChI=1S/C20H17FN2O2/c1-11-8-13(21)9-15-18(11)22-10-16(19(15)24)20(25)23-17-7-6-12-4-2-3-5-14(12)17/h2-5,8-10,17H,6-7H2,1H3,(H,22,24)(H,23,25)/t17-/m1/s1. The van der Waals surface area contributed by atoms with E-state index in [9.17, 15) is 14.0 Å². The number of benzene rings is 2. The largest absolute Gasteiger partial charge is 0.360 e. The van der Waals surface area contributed by atoms with Crippen molar-refractivity contribution in [1.82, 2.24) is 10.3 Å². The number of carbonyl (C=O) groups is 1. The number of hydrogen-bond donors (Lipinski definition) is 2. The van der Waals surface area contributed by atoms with E-state index in [0.717, 1.165) is 18.4 Å². The number of pyridine rings is 1. The highest BCUT2D eigenvalue weighted by Gasteiger charge is 2.25. The zero-order valence-electron chi connectivity index (χ0n) is 13.7. The van der Waals surface area contributed by atoms with Gasteiger partial charge in [0.15, 0.2) is 0 Å². The summed E-state index contributed by atoms with van der Waals surface area (Å²) in [6.07, 6.45) is 3.12. The van der Waals surface area contributed by atoms with Crippen molar-refractivity contribution in [1.29, 1.82) is 0 Å². The first-order valence-corrected chi connectivity index (χ1v) is 8.25. The van der Waals surface area contributed by atoms with Crippen LogP contribution in [-0.2, 0) is 6.42 Å². The number of hydrogen-bond acceptors (Lipinski definition) is 2. The van der Waals surface area contributed by atoms with Crippen molar-refractivity contribution in [2.75, 3.05) is 0 Å². The van der Waals surface area contributed by atoms with E-state index in [4.69, 9.17) is 0 Å². The topological polar surface area (TPSA) is 62.0 Å². The zero-order valence-corrected chi connectivity index (χ0v) is 13.7. The normalized spacial score (nSPS) is 16.0. The molecule has 1 aliphatic rings. The molecule has 0 spiro atoms. The van der Waals surface area contributed by atoms with Crippen molar-refractivity contribution >= 4 is 16.8 Å². The molecule has 126 valence electrons. The van der Waals surface area contributed by atoms with Crippen LogP contribution in [0.5, 0.6) is 0 Å². The minimum Gasteiger partial charge on any atom is -0.360 e. The number of rotatable bonds is 2. The Hall–Kier alpha value is -2.95. The number of aryl methyl sites for hydroxylation is 2. The van der Waals surface area contributed by atoms with Crippen LogP contribution in [0.15, 0.2) is 47.4 Å². The molecule has 3 aromatic rings. The summed E-state index contributed by atoms with van der Waals surface area (Å²) in [4.78, 5) is 28.2. The average Bonchev–Trinajstić information content (AvgIpc) is 2.99. The molecule has 1 heterocycles. The SMILES string of the molecule is Cc1cc(F)cc2c(=O)c(C(=O)N[C@@H]3CCc4ccccc43)c[nH]c12. The molecule has 0 saturated heterocycles. The quantitative estimate of drug-likeness (QED) is 0.753. The van der Waals surface area contributed by atoms with Crippen LogP contribution in [-0.4, -0.2) is 10.9 Å². The Balaban J connectivity index is 1.70. The summed E-state index contributed by atoms with van der Waals surface area (Å²) >= 11 is 0. The third kappa shape index (κ3) is 2.61. The molecular formula is C20H17FN2O2. The predicted molar refractivity (Wildman–Crippen MR) is 94.2 cm³/mol. The second-order valence-corrected chi connectivity index (χ2v) is 6.44. The van der Waals surface area contributed by atoms with Gasteiger partial charge in [-0.1, -0.05) is 24.3 Å². The van der Waals surface area contributed by atoms with Crippen LogP contribution in [0.3, 0.4) is 0 Å². The van der Waals surface area contributed by atoms with Crippen LogP contribution in [0.25, 0.3) is 10.9 Å². The summed E-state index contributed by atoms with van der Waals surface area (Å²) in [7, 11) is 0. The number of halogens is 1. The molecule has 1 aromatic heterocycles. The van der Waals surface area contributed by atoms with Gasteiger partial charge in [0.25, 0.3) is 5.91 Å². The minimum atomic E-state index is -0.488. The van der Waals surface area contributed by atoms with Crippen molar-refractivity contribution in [3.05, 3.63) is 80.9 Å². The number of aromatic nitrogens is 1. The van der Waals surface area contributed by atoms with Crippen LogP contribution >= 0.6 is 0 Å². The molecule has 5 heteroatoms. The van der Waals surface area contributed by atoms with Gasteiger partial charge in [0.05, 0.1) is 11.6 Å². The molecule has 1 amide bonds. The summed E-state index contributed by atoms with van der Waals surface area (Å²) in [5.74, 6) is -0.926. The Morgan fingerprint density at radius 2 is 2.08 bits per heavy atom. The van der Waals surface area contributed by atoms with Crippen LogP contribution < -0.4 is 10.7 Å². The highest BCUT2D eigenvalue weighted by Crippen LogP contribution is 2.30. The molecule has 0 radical (unpaired) electrons. The van der Waals surface area contributed by atoms with E-state index in [0.29, 0.717) is 11.1 Å². The Bertz CT molecular complexity index is 1060. The summed E-state index contributed by atoms with van der Waals surface area (Å²) < 4.78 is 13.6. The molecule has 1 aliphatic carbocycles. The van der Waals surface area contributed by atoms with Gasteiger partial charge < -0.3 is 10.3 Å². The fourth-order valence-corrected chi connectivity index (χ4v) is 3.58. The molecule has 1 atom stereocenters. The van der Waals surface area contributed by atoms with E-state index in [2.05, 4.69) is 16.4 Å². The van der Waals surface area contributed by atoms with Gasteiger partial charge in [-0.3, -0.25) is 9.59 Å². The van der Waals surface area contributed by atoms with Crippen molar-refractivity contribution in [2.45, 2.75) is 25.8 Å². The van der Waals surface area contributed by atoms with Crippen molar-refractivity contribution in [3.63, 3.8) is 0 Å². The first-order chi connectivity index (χ1) is 12.0. The van der Waals surface area contributed by atoms with Gasteiger partial charge in [-0.25, -0.2) is 4.39 Å². The highest BCUT2D eigenvalue weighted by atomic mass is 19.1. The summed E-state index contributed by atoms with van der Waals surface area (Å²) in [6, 6.07) is 10.4. The van der Waals surface area contributed by atoms with E-state index in [1.165, 1.54) is 23.9 Å². The molecule has 0 bridgehead atoms. The molecule has 0 fully saturated rings. The molecule has 0 aliphatic heterocycles. The monoisotopic (exact) mass is 336 g/mol. The number of fused-ring (bicyclic) bond motifs is 2. The van der Waals surface area contributed by atoms with Crippen molar-refractivity contribution in [2.24, 2.45) is 0 Å². The molecule has 0 saturated carbocycles. The zero-order chi connectivity index (χ0) is 17.6. The lowest BCUT2D eigenvalue weighted by atomic mass is 10.1. The number of H-pyrrole nitrogens is 1. The molecule has 0 unspecified atom stereocenters. The fraction of sp³-hybridized carbons (Fsp3) is 0.200. The van der Waals surface area contributed by atoms with Crippen molar-refractivity contribution in [3.8, 4) is 0 Å². The minimum absolute atomic E-state index is 0.00174. The maximum absolute atomic E-state index is 13.6. The Kier molecular flexibility index (Phi) is 3.64. The maximum atomic E-state index is 13.6. The van der Waals surface area contributed by atoms with E-state index in [1.807, 2.05) is 18.2 Å². The summed E-state index contributed by atoms with van der Waals surface area (Å²) in [5, 5.41) is 3.13. The smallest absolute Gasteiger partial charge is 0.257 e. The number of carbonyl (C=O) groups excluding carboxylic acids is 1. The van der Waals surface area contributed by atoms with Crippen LogP contribution in [0.4, 0.5) is 4.39 Å². The van der Waals surface area contributed by atoms with Crippen LogP contribution in [0.1, 0.15) is 39.5 Å². The van der Waals surface area contributed by atoms with Gasteiger partial charge in [0.1, 0.15) is 11.4 Å². The Morgan fingerprint density at radius 1 is 1.28 bits per heavy atom. The number of aromatic amines is 1. The van der Waals surface area contributed by atoms with Crippen LogP contribution in [0, 0.1) is 12.7 Å².